The van der Waals surface area contributed by atoms with Crippen LogP contribution in [0.1, 0.15) is 23.9 Å². The number of hydrogen-bond donors (Lipinski definition) is 2. The van der Waals surface area contributed by atoms with Crippen LogP contribution in [0.25, 0.3) is 0 Å². The van der Waals surface area contributed by atoms with Crippen molar-refractivity contribution < 1.29 is 0 Å². The van der Waals surface area contributed by atoms with Gasteiger partial charge in [-0.05, 0) is 17.9 Å². The van der Waals surface area contributed by atoms with E-state index in [0.717, 1.165) is 23.4 Å². The van der Waals surface area contributed by atoms with E-state index in [4.69, 9.17) is 0 Å². The average Bonchev–Trinajstić information content (AvgIpc) is 2.82. The van der Waals surface area contributed by atoms with Crippen molar-refractivity contribution in [1.29, 1.82) is 0 Å². The van der Waals surface area contributed by atoms with Gasteiger partial charge in [0, 0.05) is 16.6 Å². The Bertz CT molecular complexity index is 574. The molecule has 0 saturated carbocycles. The molecule has 0 fully saturated rings. The highest BCUT2D eigenvalue weighted by Crippen LogP contribution is 2.05. The number of thiophene rings is 1. The Morgan fingerprint density at radius 3 is 3.22 bits per heavy atom. The van der Waals surface area contributed by atoms with Gasteiger partial charge in [-0.1, -0.05) is 19.4 Å². The van der Waals surface area contributed by atoms with Gasteiger partial charge in [0.25, 0.3) is 5.56 Å². The topological polar surface area (TPSA) is 70.1 Å². The van der Waals surface area contributed by atoms with Gasteiger partial charge >= 0.3 is 0 Å². The number of hydrogen-bond acceptors (Lipinski definition) is 5. The fraction of sp³-hybridized carbons (Fsp3) is 0.250. The predicted octanol–water partition coefficient (Wildman–Crippen LogP) is 2.23. The van der Waals surface area contributed by atoms with Gasteiger partial charge in [0.05, 0.1) is 6.21 Å². The van der Waals surface area contributed by atoms with E-state index in [1.807, 2.05) is 24.4 Å². The number of anilines is 1. The van der Waals surface area contributed by atoms with E-state index in [0.29, 0.717) is 5.95 Å². The lowest BCUT2D eigenvalue weighted by Gasteiger charge is -2.01. The Morgan fingerprint density at radius 2 is 2.50 bits per heavy atom. The van der Waals surface area contributed by atoms with Crippen LogP contribution in [0.3, 0.4) is 0 Å². The summed E-state index contributed by atoms with van der Waals surface area (Å²) in [5, 5.41) is 6.00. The van der Waals surface area contributed by atoms with Gasteiger partial charge in [0.1, 0.15) is 0 Å². The molecule has 2 rings (SSSR count). The Labute approximate surface area is 109 Å². The van der Waals surface area contributed by atoms with E-state index in [2.05, 4.69) is 20.5 Å². The number of aryl methyl sites for hydroxylation is 1. The van der Waals surface area contributed by atoms with E-state index in [-0.39, 0.29) is 5.56 Å². The molecule has 2 aromatic heterocycles. The van der Waals surface area contributed by atoms with Crippen LogP contribution in [0.15, 0.2) is 33.5 Å². The van der Waals surface area contributed by atoms with E-state index in [9.17, 15) is 4.79 Å². The van der Waals surface area contributed by atoms with Crippen LogP contribution in [0.4, 0.5) is 5.95 Å². The third-order valence-corrected chi connectivity index (χ3v) is 3.01. The zero-order valence-electron chi connectivity index (χ0n) is 10.0. The van der Waals surface area contributed by atoms with Gasteiger partial charge in [-0.15, -0.1) is 11.3 Å². The minimum atomic E-state index is -0.165. The van der Waals surface area contributed by atoms with Gasteiger partial charge < -0.3 is 0 Å². The summed E-state index contributed by atoms with van der Waals surface area (Å²) in [5.74, 6) is 0.374. The van der Waals surface area contributed by atoms with Gasteiger partial charge in [0.15, 0.2) is 0 Å². The van der Waals surface area contributed by atoms with Crippen molar-refractivity contribution in [3.05, 3.63) is 44.5 Å². The molecule has 2 aromatic rings. The second kappa shape index (κ2) is 6.11. The molecular weight excluding hydrogens is 248 g/mol. The molecule has 94 valence electrons. The van der Waals surface area contributed by atoms with Crippen molar-refractivity contribution >= 4 is 23.5 Å². The molecule has 0 aliphatic carbocycles. The summed E-state index contributed by atoms with van der Waals surface area (Å²) in [6.45, 7) is 2.05. The summed E-state index contributed by atoms with van der Waals surface area (Å²) in [7, 11) is 0. The van der Waals surface area contributed by atoms with Crippen molar-refractivity contribution in [2.24, 2.45) is 5.10 Å². The molecule has 0 aromatic carbocycles. The normalized spacial score (nSPS) is 10.9. The van der Waals surface area contributed by atoms with Crippen LogP contribution in [-0.2, 0) is 6.42 Å². The zero-order valence-corrected chi connectivity index (χ0v) is 10.8. The standard InChI is InChI=1S/C12H14N4OS/c1-2-4-9-7-11(17)15-12(14-9)16-13-8-10-5-3-6-18-10/h3,5-8H,2,4H2,1H3,(H2,14,15,16,17)/b13-8-. The average molecular weight is 262 g/mol. The van der Waals surface area contributed by atoms with Gasteiger partial charge in [-0.3, -0.25) is 9.78 Å². The maximum atomic E-state index is 11.4. The summed E-state index contributed by atoms with van der Waals surface area (Å²) >= 11 is 1.59. The van der Waals surface area contributed by atoms with Crippen molar-refractivity contribution in [3.8, 4) is 0 Å². The number of aromatic nitrogens is 2. The van der Waals surface area contributed by atoms with Crippen LogP contribution < -0.4 is 11.0 Å². The molecule has 0 bridgehead atoms. The van der Waals surface area contributed by atoms with Crippen LogP contribution >= 0.6 is 11.3 Å². The summed E-state index contributed by atoms with van der Waals surface area (Å²) in [6, 6.07) is 5.42. The molecular formula is C12H14N4OS. The molecule has 0 aliphatic heterocycles. The number of nitrogens with one attached hydrogen (secondary N) is 2. The number of H-pyrrole nitrogens is 1. The maximum Gasteiger partial charge on any atom is 0.252 e. The zero-order chi connectivity index (χ0) is 12.8. The number of rotatable bonds is 5. The minimum Gasteiger partial charge on any atom is -0.291 e. The third-order valence-electron chi connectivity index (χ3n) is 2.21. The molecule has 0 spiro atoms. The third kappa shape index (κ3) is 3.53. The first-order chi connectivity index (χ1) is 8.78. The number of nitrogens with zero attached hydrogens (tertiary/aromatic N) is 2. The Morgan fingerprint density at radius 1 is 1.61 bits per heavy atom. The highest BCUT2D eigenvalue weighted by atomic mass is 32.1. The minimum absolute atomic E-state index is 0.165. The largest absolute Gasteiger partial charge is 0.291 e. The lowest BCUT2D eigenvalue weighted by molar-refractivity contribution is 0.867. The number of aromatic amines is 1. The van der Waals surface area contributed by atoms with Crippen molar-refractivity contribution in [3.63, 3.8) is 0 Å². The molecule has 6 heteroatoms. The first kappa shape index (κ1) is 12.5. The molecule has 0 saturated heterocycles. The molecule has 0 amide bonds. The first-order valence-electron chi connectivity index (χ1n) is 5.70. The van der Waals surface area contributed by atoms with E-state index in [1.54, 1.807) is 17.6 Å². The molecule has 2 N–H and O–H groups in total. The molecule has 0 atom stereocenters. The highest BCUT2D eigenvalue weighted by molar-refractivity contribution is 7.11. The highest BCUT2D eigenvalue weighted by Gasteiger charge is 1.99. The smallest absolute Gasteiger partial charge is 0.252 e. The van der Waals surface area contributed by atoms with E-state index < -0.39 is 0 Å². The Balaban J connectivity index is 2.07. The van der Waals surface area contributed by atoms with Gasteiger partial charge in [-0.2, -0.15) is 5.10 Å². The van der Waals surface area contributed by atoms with Crippen molar-refractivity contribution in [2.75, 3.05) is 5.43 Å². The second-order valence-electron chi connectivity index (χ2n) is 3.72. The lowest BCUT2D eigenvalue weighted by Crippen LogP contribution is -2.11. The van der Waals surface area contributed by atoms with Crippen LogP contribution in [-0.4, -0.2) is 16.2 Å². The monoisotopic (exact) mass is 262 g/mol. The van der Waals surface area contributed by atoms with E-state index >= 15 is 0 Å². The summed E-state index contributed by atoms with van der Waals surface area (Å²) in [6.07, 6.45) is 3.43. The lowest BCUT2D eigenvalue weighted by atomic mass is 10.2. The van der Waals surface area contributed by atoms with E-state index in [1.165, 1.54) is 6.07 Å². The number of hydrazone groups is 1. The summed E-state index contributed by atoms with van der Waals surface area (Å²) in [4.78, 5) is 19.3. The van der Waals surface area contributed by atoms with Crippen molar-refractivity contribution in [1.82, 2.24) is 9.97 Å². The van der Waals surface area contributed by atoms with Crippen LogP contribution in [0.2, 0.25) is 0 Å². The Hall–Kier alpha value is -1.95. The van der Waals surface area contributed by atoms with Crippen LogP contribution in [0.5, 0.6) is 0 Å². The quantitative estimate of drug-likeness (QED) is 0.641. The molecule has 0 radical (unpaired) electrons. The molecule has 0 aliphatic rings. The summed E-state index contributed by atoms with van der Waals surface area (Å²) < 4.78 is 0. The first-order valence-corrected chi connectivity index (χ1v) is 6.58. The SMILES string of the molecule is CCCc1cc(=O)[nH]c(N/N=C\c2cccs2)n1. The maximum absolute atomic E-state index is 11.4. The summed E-state index contributed by atoms with van der Waals surface area (Å²) in [5.41, 5.74) is 3.34. The van der Waals surface area contributed by atoms with Crippen molar-refractivity contribution in [2.45, 2.75) is 19.8 Å². The predicted molar refractivity (Wildman–Crippen MR) is 74.4 cm³/mol. The molecule has 5 nitrogen and oxygen atoms in total. The van der Waals surface area contributed by atoms with Crippen LogP contribution in [0, 0.1) is 0 Å². The molecule has 0 unspecified atom stereocenters. The second-order valence-corrected chi connectivity index (χ2v) is 4.70. The van der Waals surface area contributed by atoms with Gasteiger partial charge in [0.2, 0.25) is 5.95 Å². The fourth-order valence-electron chi connectivity index (χ4n) is 1.47. The molecule has 18 heavy (non-hydrogen) atoms. The molecule has 2 heterocycles. The fourth-order valence-corrected chi connectivity index (χ4v) is 2.05. The Kier molecular flexibility index (Phi) is 4.25. The van der Waals surface area contributed by atoms with Gasteiger partial charge in [-0.25, -0.2) is 10.4 Å².